The number of thioether (sulfide) groups is 1. The van der Waals surface area contributed by atoms with Crippen LogP contribution in [0, 0.1) is 5.92 Å². The number of hydrogen-bond acceptors (Lipinski definition) is 4. The Labute approximate surface area is 125 Å². The fourth-order valence-corrected chi connectivity index (χ4v) is 3.34. The second kappa shape index (κ2) is 5.04. The summed E-state index contributed by atoms with van der Waals surface area (Å²) in [6, 6.07) is 9.55. The zero-order valence-corrected chi connectivity index (χ0v) is 12.2. The van der Waals surface area contributed by atoms with Crippen molar-refractivity contribution >= 4 is 17.4 Å². The number of para-hydroxylation sites is 1. The minimum atomic E-state index is -0.144. The van der Waals surface area contributed by atoms with Crippen LogP contribution in [-0.4, -0.2) is 24.9 Å². The van der Waals surface area contributed by atoms with Crippen molar-refractivity contribution in [1.29, 1.82) is 0 Å². The van der Waals surface area contributed by atoms with Crippen LogP contribution in [-0.2, 0) is 0 Å². The summed E-state index contributed by atoms with van der Waals surface area (Å²) < 4.78 is 3.38. The maximum atomic E-state index is 12.5. The van der Waals surface area contributed by atoms with E-state index in [-0.39, 0.29) is 5.56 Å². The average molecular weight is 298 g/mol. The highest BCUT2D eigenvalue weighted by Gasteiger charge is 2.22. The van der Waals surface area contributed by atoms with Crippen molar-refractivity contribution in [3.8, 4) is 5.69 Å². The second-order valence-corrected chi connectivity index (χ2v) is 6.23. The van der Waals surface area contributed by atoms with Gasteiger partial charge in [-0.1, -0.05) is 30.0 Å². The molecule has 1 aliphatic carbocycles. The molecule has 0 saturated heterocycles. The van der Waals surface area contributed by atoms with Crippen molar-refractivity contribution in [3.05, 3.63) is 53.1 Å². The van der Waals surface area contributed by atoms with Crippen LogP contribution >= 0.6 is 11.8 Å². The molecule has 1 fully saturated rings. The summed E-state index contributed by atoms with van der Waals surface area (Å²) in [6.45, 7) is 0. The number of hydrogen-bond donors (Lipinski definition) is 0. The molecule has 3 aromatic rings. The van der Waals surface area contributed by atoms with Gasteiger partial charge in [0.15, 0.2) is 5.16 Å². The Morgan fingerprint density at radius 3 is 2.71 bits per heavy atom. The molecule has 0 bridgehead atoms. The fraction of sp³-hybridized carbons (Fsp3) is 0.267. The molecule has 0 spiro atoms. The van der Waals surface area contributed by atoms with Crippen LogP contribution in [0.15, 0.2) is 52.7 Å². The summed E-state index contributed by atoms with van der Waals surface area (Å²) in [5.74, 6) is 1.87. The van der Waals surface area contributed by atoms with Crippen molar-refractivity contribution in [2.45, 2.75) is 18.0 Å². The lowest BCUT2D eigenvalue weighted by atomic mass is 10.3. The first-order valence-corrected chi connectivity index (χ1v) is 7.96. The SMILES string of the molecule is O=c1c2nnc(SCC3CC3)n2ccn1-c1ccccc1. The van der Waals surface area contributed by atoms with Gasteiger partial charge in [0.05, 0.1) is 0 Å². The molecule has 1 saturated carbocycles. The van der Waals surface area contributed by atoms with Gasteiger partial charge >= 0.3 is 5.56 Å². The van der Waals surface area contributed by atoms with Crippen LogP contribution in [0.2, 0.25) is 0 Å². The zero-order chi connectivity index (χ0) is 14.2. The van der Waals surface area contributed by atoms with Crippen LogP contribution in [0.5, 0.6) is 0 Å². The Bertz CT molecular complexity index is 836. The van der Waals surface area contributed by atoms with E-state index in [0.29, 0.717) is 5.65 Å². The van der Waals surface area contributed by atoms with Gasteiger partial charge in [0.25, 0.3) is 0 Å². The first-order valence-electron chi connectivity index (χ1n) is 6.97. The zero-order valence-electron chi connectivity index (χ0n) is 11.3. The summed E-state index contributed by atoms with van der Waals surface area (Å²) in [5, 5.41) is 9.01. The van der Waals surface area contributed by atoms with E-state index in [0.717, 1.165) is 22.5 Å². The molecule has 106 valence electrons. The van der Waals surface area contributed by atoms with Gasteiger partial charge in [-0.3, -0.25) is 13.8 Å². The lowest BCUT2D eigenvalue weighted by Crippen LogP contribution is -2.20. The lowest BCUT2D eigenvalue weighted by molar-refractivity contribution is 0.887. The molecule has 2 aromatic heterocycles. The van der Waals surface area contributed by atoms with Crippen molar-refractivity contribution in [3.63, 3.8) is 0 Å². The molecule has 0 aliphatic heterocycles. The molecule has 0 atom stereocenters. The summed E-state index contributed by atoms with van der Waals surface area (Å²) in [5.41, 5.74) is 1.06. The summed E-state index contributed by atoms with van der Waals surface area (Å²) in [7, 11) is 0. The number of rotatable bonds is 4. The Hall–Kier alpha value is -2.08. The van der Waals surface area contributed by atoms with Crippen LogP contribution in [0.1, 0.15) is 12.8 Å². The largest absolute Gasteiger partial charge is 0.300 e. The van der Waals surface area contributed by atoms with E-state index >= 15 is 0 Å². The number of benzene rings is 1. The van der Waals surface area contributed by atoms with Gasteiger partial charge in [0.1, 0.15) is 0 Å². The molecule has 4 rings (SSSR count). The Kier molecular flexibility index (Phi) is 3.03. The third-order valence-electron chi connectivity index (χ3n) is 3.62. The summed E-state index contributed by atoms with van der Waals surface area (Å²) in [4.78, 5) is 12.5. The van der Waals surface area contributed by atoms with Crippen LogP contribution in [0.3, 0.4) is 0 Å². The maximum absolute atomic E-state index is 12.5. The van der Waals surface area contributed by atoms with Crippen molar-refractivity contribution in [1.82, 2.24) is 19.2 Å². The molecule has 5 nitrogen and oxygen atoms in total. The van der Waals surface area contributed by atoms with E-state index in [4.69, 9.17) is 0 Å². The Morgan fingerprint density at radius 1 is 1.14 bits per heavy atom. The fourth-order valence-electron chi connectivity index (χ4n) is 2.23. The highest BCUT2D eigenvalue weighted by atomic mass is 32.2. The Morgan fingerprint density at radius 2 is 1.95 bits per heavy atom. The summed E-state index contributed by atoms with van der Waals surface area (Å²) in [6.07, 6.45) is 6.25. The summed E-state index contributed by atoms with van der Waals surface area (Å²) >= 11 is 1.68. The molecule has 0 radical (unpaired) electrons. The van der Waals surface area contributed by atoms with Crippen molar-refractivity contribution < 1.29 is 0 Å². The normalized spacial score (nSPS) is 14.7. The highest BCUT2D eigenvalue weighted by molar-refractivity contribution is 7.99. The van der Waals surface area contributed by atoms with E-state index < -0.39 is 0 Å². The number of nitrogens with zero attached hydrogens (tertiary/aromatic N) is 4. The quantitative estimate of drug-likeness (QED) is 0.694. The molecule has 0 N–H and O–H groups in total. The third-order valence-corrected chi connectivity index (χ3v) is 4.79. The predicted molar refractivity (Wildman–Crippen MR) is 82.0 cm³/mol. The second-order valence-electron chi connectivity index (χ2n) is 5.24. The molecule has 1 aromatic carbocycles. The van der Waals surface area contributed by atoms with E-state index in [2.05, 4.69) is 10.2 Å². The minimum Gasteiger partial charge on any atom is -0.280 e. The number of fused-ring (bicyclic) bond motifs is 1. The van der Waals surface area contributed by atoms with E-state index in [9.17, 15) is 4.79 Å². The van der Waals surface area contributed by atoms with Gasteiger partial charge in [-0.15, -0.1) is 10.2 Å². The minimum absolute atomic E-state index is 0.144. The molecule has 1 aliphatic rings. The molecular formula is C15H14N4OS. The van der Waals surface area contributed by atoms with Crippen molar-refractivity contribution in [2.75, 3.05) is 5.75 Å². The van der Waals surface area contributed by atoms with Gasteiger partial charge in [0.2, 0.25) is 5.65 Å². The molecule has 0 unspecified atom stereocenters. The molecule has 0 amide bonds. The number of aromatic nitrogens is 4. The smallest absolute Gasteiger partial charge is 0.280 e. The highest BCUT2D eigenvalue weighted by Crippen LogP contribution is 2.34. The molecule has 6 heteroatoms. The van der Waals surface area contributed by atoms with Gasteiger partial charge in [-0.25, -0.2) is 0 Å². The molecule has 21 heavy (non-hydrogen) atoms. The third kappa shape index (κ3) is 2.35. The van der Waals surface area contributed by atoms with Crippen molar-refractivity contribution in [2.24, 2.45) is 5.92 Å². The topological polar surface area (TPSA) is 52.2 Å². The maximum Gasteiger partial charge on any atom is 0.300 e. The lowest BCUT2D eigenvalue weighted by Gasteiger charge is -2.05. The molecule has 2 heterocycles. The van der Waals surface area contributed by atoms with Gasteiger partial charge in [-0.05, 0) is 30.9 Å². The van der Waals surface area contributed by atoms with E-state index in [1.54, 1.807) is 26.9 Å². The first-order chi connectivity index (χ1) is 10.3. The van der Waals surface area contributed by atoms with Crippen LogP contribution in [0.25, 0.3) is 11.3 Å². The van der Waals surface area contributed by atoms with Crippen LogP contribution < -0.4 is 5.56 Å². The van der Waals surface area contributed by atoms with E-state index in [1.165, 1.54) is 12.8 Å². The standard InChI is InChI=1S/C15H14N4OS/c20-14-13-16-17-15(21-10-11-6-7-11)19(13)9-8-18(14)12-4-2-1-3-5-12/h1-5,8-9,11H,6-7,10H2. The van der Waals surface area contributed by atoms with Gasteiger partial charge in [0, 0.05) is 23.8 Å². The Balaban J connectivity index is 1.75. The van der Waals surface area contributed by atoms with Gasteiger partial charge < -0.3 is 0 Å². The van der Waals surface area contributed by atoms with Crippen LogP contribution in [0.4, 0.5) is 0 Å². The average Bonchev–Trinajstić information content (AvgIpc) is 3.26. The monoisotopic (exact) mass is 298 g/mol. The van der Waals surface area contributed by atoms with Gasteiger partial charge in [-0.2, -0.15) is 0 Å². The van der Waals surface area contributed by atoms with E-state index in [1.807, 2.05) is 36.5 Å². The first kappa shape index (κ1) is 12.6. The molecular weight excluding hydrogens is 284 g/mol. The predicted octanol–water partition coefficient (Wildman–Crippen LogP) is 2.38.